The van der Waals surface area contributed by atoms with E-state index in [-0.39, 0.29) is 30.6 Å². The van der Waals surface area contributed by atoms with E-state index in [4.69, 9.17) is 23.7 Å². The van der Waals surface area contributed by atoms with Crippen LogP contribution in [0.25, 0.3) is 0 Å². The Morgan fingerprint density at radius 2 is 1.55 bits per heavy atom. The molecule has 22 heavy (non-hydrogen) atoms. The molecule has 1 fully saturated rings. The third-order valence-corrected chi connectivity index (χ3v) is 3.86. The highest BCUT2D eigenvalue weighted by atomic mass is 16.6. The largest absolute Gasteiger partial charge is 0.382 e. The molecule has 2 rings (SSSR count). The highest BCUT2D eigenvalue weighted by Crippen LogP contribution is 2.28. The molecule has 1 heterocycles. The maximum atomic E-state index is 6.10. The minimum absolute atomic E-state index is 0.243. The van der Waals surface area contributed by atoms with Gasteiger partial charge in [0.05, 0.1) is 6.61 Å². The fourth-order valence-corrected chi connectivity index (χ4v) is 2.84. The van der Waals surface area contributed by atoms with Crippen molar-refractivity contribution >= 4 is 5.69 Å². The molecule has 0 bridgehead atoms. The van der Waals surface area contributed by atoms with Crippen molar-refractivity contribution in [2.24, 2.45) is 0 Å². The molecule has 0 spiro atoms. The van der Waals surface area contributed by atoms with Crippen molar-refractivity contribution in [3.63, 3.8) is 0 Å². The van der Waals surface area contributed by atoms with Crippen LogP contribution in [-0.2, 0) is 23.7 Å². The highest BCUT2D eigenvalue weighted by molar-refractivity contribution is 5.43. The zero-order valence-electron chi connectivity index (χ0n) is 13.5. The minimum Gasteiger partial charge on any atom is -0.382 e. The Kier molecular flexibility index (Phi) is 6.60. The maximum absolute atomic E-state index is 6.10. The van der Waals surface area contributed by atoms with Gasteiger partial charge in [-0.15, -0.1) is 0 Å². The monoisotopic (exact) mass is 311 g/mol. The van der Waals surface area contributed by atoms with Gasteiger partial charge < -0.3 is 29.0 Å². The van der Waals surface area contributed by atoms with Crippen LogP contribution >= 0.6 is 0 Å². The van der Waals surface area contributed by atoms with Crippen LogP contribution in [0, 0.1) is 0 Å². The highest BCUT2D eigenvalue weighted by Gasteiger charge is 2.47. The summed E-state index contributed by atoms with van der Waals surface area (Å²) >= 11 is 0. The van der Waals surface area contributed by atoms with Crippen molar-refractivity contribution in [2.45, 2.75) is 30.6 Å². The molecule has 0 aromatic heterocycles. The summed E-state index contributed by atoms with van der Waals surface area (Å²) in [5, 5.41) is 3.34. The van der Waals surface area contributed by atoms with Crippen molar-refractivity contribution in [3.05, 3.63) is 30.3 Å². The van der Waals surface area contributed by atoms with Crippen LogP contribution in [-0.4, -0.2) is 65.7 Å². The van der Waals surface area contributed by atoms with Gasteiger partial charge in [0.15, 0.2) is 6.23 Å². The van der Waals surface area contributed by atoms with Crippen LogP contribution in [0.3, 0.4) is 0 Å². The van der Waals surface area contributed by atoms with Crippen LogP contribution in [0.4, 0.5) is 5.69 Å². The summed E-state index contributed by atoms with van der Waals surface area (Å²) in [4.78, 5) is 0. The molecule has 0 amide bonds. The molecular weight excluding hydrogens is 286 g/mol. The van der Waals surface area contributed by atoms with Crippen LogP contribution in [0.5, 0.6) is 0 Å². The maximum Gasteiger partial charge on any atom is 0.157 e. The van der Waals surface area contributed by atoms with Gasteiger partial charge in [0.25, 0.3) is 0 Å². The standard InChI is InChI=1S/C16H25NO5/c1-18-10-12-13(19-2)14(20-3)15(21-4)16(22-12)17-11-8-6-5-7-9-11/h5-9,12-17H,10H2,1-4H3/t12-,13+,14+,15+,16-/m1/s1. The predicted molar refractivity (Wildman–Crippen MR) is 83.0 cm³/mol. The zero-order valence-corrected chi connectivity index (χ0v) is 13.5. The lowest BCUT2D eigenvalue weighted by Gasteiger charge is -2.45. The van der Waals surface area contributed by atoms with Gasteiger partial charge in [-0.2, -0.15) is 0 Å². The Hall–Kier alpha value is -1.18. The van der Waals surface area contributed by atoms with E-state index in [0.29, 0.717) is 6.61 Å². The van der Waals surface area contributed by atoms with Crippen molar-refractivity contribution < 1.29 is 23.7 Å². The van der Waals surface area contributed by atoms with Gasteiger partial charge in [-0.1, -0.05) is 18.2 Å². The number of rotatable bonds is 7. The number of para-hydroxylation sites is 1. The van der Waals surface area contributed by atoms with Gasteiger partial charge in [0.1, 0.15) is 24.4 Å². The fraction of sp³-hybridized carbons (Fsp3) is 0.625. The molecule has 124 valence electrons. The second kappa shape index (κ2) is 8.45. The lowest BCUT2D eigenvalue weighted by Crippen LogP contribution is -2.62. The summed E-state index contributed by atoms with van der Waals surface area (Å²) < 4.78 is 28.1. The SMILES string of the molecule is COC[C@H]1O[C@@H](Nc2ccccc2)[C@@H](OC)[C@@H](OC)[C@H]1OC. The molecule has 1 aliphatic heterocycles. The van der Waals surface area contributed by atoms with E-state index in [1.54, 1.807) is 28.4 Å². The van der Waals surface area contributed by atoms with Gasteiger partial charge >= 0.3 is 0 Å². The summed E-state index contributed by atoms with van der Waals surface area (Å²) in [7, 11) is 6.57. The number of hydrogen-bond acceptors (Lipinski definition) is 6. The summed E-state index contributed by atoms with van der Waals surface area (Å²) in [5.41, 5.74) is 0.955. The van der Waals surface area contributed by atoms with Gasteiger partial charge in [0.2, 0.25) is 0 Å². The third-order valence-electron chi connectivity index (χ3n) is 3.86. The number of hydrogen-bond donors (Lipinski definition) is 1. The van der Waals surface area contributed by atoms with E-state index in [1.807, 2.05) is 30.3 Å². The molecule has 6 heteroatoms. The normalized spacial score (nSPS) is 31.9. The second-order valence-corrected chi connectivity index (χ2v) is 5.16. The Morgan fingerprint density at radius 3 is 2.09 bits per heavy atom. The minimum atomic E-state index is -0.358. The smallest absolute Gasteiger partial charge is 0.157 e. The first kappa shape index (κ1) is 17.2. The summed E-state index contributed by atoms with van der Waals surface area (Å²) in [6.07, 6.45) is -1.42. The lowest BCUT2D eigenvalue weighted by atomic mass is 9.97. The third kappa shape index (κ3) is 3.77. The predicted octanol–water partition coefficient (Wildman–Crippen LogP) is 1.51. The van der Waals surface area contributed by atoms with Gasteiger partial charge in [-0.05, 0) is 12.1 Å². The van der Waals surface area contributed by atoms with Crippen LogP contribution < -0.4 is 5.32 Å². The van der Waals surface area contributed by atoms with Crippen LogP contribution in [0.15, 0.2) is 30.3 Å². The molecular formula is C16H25NO5. The van der Waals surface area contributed by atoms with Gasteiger partial charge in [-0.3, -0.25) is 0 Å². The average molecular weight is 311 g/mol. The van der Waals surface area contributed by atoms with E-state index in [2.05, 4.69) is 5.32 Å². The summed E-state index contributed by atoms with van der Waals surface area (Å²) in [6.45, 7) is 0.418. The van der Waals surface area contributed by atoms with E-state index in [1.165, 1.54) is 0 Å². The Bertz CT molecular complexity index is 430. The molecule has 1 aromatic rings. The van der Waals surface area contributed by atoms with Gasteiger partial charge in [0, 0.05) is 34.1 Å². The molecule has 0 unspecified atom stereocenters. The molecule has 1 aromatic carbocycles. The quantitative estimate of drug-likeness (QED) is 0.824. The van der Waals surface area contributed by atoms with E-state index < -0.39 is 0 Å². The molecule has 0 aliphatic carbocycles. The second-order valence-electron chi connectivity index (χ2n) is 5.16. The molecule has 1 N–H and O–H groups in total. The Labute approximate surface area is 131 Å². The number of nitrogens with one attached hydrogen (secondary N) is 1. The van der Waals surface area contributed by atoms with Crippen molar-refractivity contribution in [2.75, 3.05) is 40.4 Å². The lowest BCUT2D eigenvalue weighted by molar-refractivity contribution is -0.243. The number of methoxy groups -OCH3 is 4. The van der Waals surface area contributed by atoms with E-state index in [9.17, 15) is 0 Å². The van der Waals surface area contributed by atoms with E-state index in [0.717, 1.165) is 5.69 Å². The number of ether oxygens (including phenoxy) is 5. The first-order valence-electron chi connectivity index (χ1n) is 7.29. The van der Waals surface area contributed by atoms with Gasteiger partial charge in [-0.25, -0.2) is 0 Å². The Morgan fingerprint density at radius 1 is 0.909 bits per heavy atom. The average Bonchev–Trinajstić information content (AvgIpc) is 2.55. The molecule has 1 saturated heterocycles. The molecule has 6 nitrogen and oxygen atoms in total. The van der Waals surface area contributed by atoms with Crippen LogP contribution in [0.1, 0.15) is 0 Å². The summed E-state index contributed by atoms with van der Waals surface area (Å²) in [5.74, 6) is 0. The summed E-state index contributed by atoms with van der Waals surface area (Å²) in [6, 6.07) is 9.85. The van der Waals surface area contributed by atoms with E-state index >= 15 is 0 Å². The van der Waals surface area contributed by atoms with Crippen molar-refractivity contribution in [1.29, 1.82) is 0 Å². The Balaban J connectivity index is 2.19. The zero-order chi connectivity index (χ0) is 15.9. The first-order chi connectivity index (χ1) is 10.7. The van der Waals surface area contributed by atoms with Crippen molar-refractivity contribution in [1.82, 2.24) is 0 Å². The number of anilines is 1. The van der Waals surface area contributed by atoms with Crippen molar-refractivity contribution in [3.8, 4) is 0 Å². The van der Waals surface area contributed by atoms with Crippen LogP contribution in [0.2, 0.25) is 0 Å². The topological polar surface area (TPSA) is 58.2 Å². The molecule has 5 atom stereocenters. The molecule has 0 radical (unpaired) electrons. The first-order valence-corrected chi connectivity index (χ1v) is 7.29. The molecule has 0 saturated carbocycles. The fourth-order valence-electron chi connectivity index (χ4n) is 2.84. The number of benzene rings is 1. The molecule has 1 aliphatic rings.